The smallest absolute Gasteiger partial charge is 0.326 e. The summed E-state index contributed by atoms with van der Waals surface area (Å²) < 4.78 is 0. The molecule has 1 heterocycles. The number of nitrogens with one attached hydrogen (secondary N) is 1. The molecule has 0 aliphatic heterocycles. The van der Waals surface area contributed by atoms with E-state index >= 15 is 0 Å². The summed E-state index contributed by atoms with van der Waals surface area (Å²) >= 11 is 0. The van der Waals surface area contributed by atoms with E-state index in [0.717, 1.165) is 24.2 Å². The summed E-state index contributed by atoms with van der Waals surface area (Å²) in [6.07, 6.45) is 3.53. The second-order valence-electron chi connectivity index (χ2n) is 4.22. The zero-order valence-electron chi connectivity index (χ0n) is 9.40. The molecule has 1 aliphatic rings. The van der Waals surface area contributed by atoms with Gasteiger partial charge in [0.15, 0.2) is 0 Å². The molecule has 1 unspecified atom stereocenters. The van der Waals surface area contributed by atoms with Crippen LogP contribution in [0.5, 0.6) is 0 Å². The Balaban J connectivity index is 2.12. The van der Waals surface area contributed by atoms with Gasteiger partial charge in [-0.1, -0.05) is 0 Å². The quantitative estimate of drug-likeness (QED) is 0.803. The van der Waals surface area contributed by atoms with Crippen molar-refractivity contribution in [2.75, 3.05) is 5.32 Å². The van der Waals surface area contributed by atoms with Gasteiger partial charge in [-0.3, -0.25) is 4.98 Å². The molecule has 1 fully saturated rings. The second kappa shape index (κ2) is 4.08. The molecular formula is C11H15N3O2. The number of rotatable bonds is 4. The summed E-state index contributed by atoms with van der Waals surface area (Å²) in [4.78, 5) is 19.4. The Morgan fingerprint density at radius 2 is 2.19 bits per heavy atom. The number of aromatic nitrogens is 2. The van der Waals surface area contributed by atoms with Gasteiger partial charge < -0.3 is 10.4 Å². The van der Waals surface area contributed by atoms with Crippen LogP contribution < -0.4 is 5.32 Å². The number of carboxylic acid groups (broad SMARTS) is 1. The number of hydrogen-bond donors (Lipinski definition) is 2. The number of aliphatic carboxylic acids is 1. The molecule has 86 valence electrons. The molecule has 0 radical (unpaired) electrons. The Hall–Kier alpha value is -1.65. The van der Waals surface area contributed by atoms with Gasteiger partial charge in [-0.2, -0.15) is 0 Å². The molecular weight excluding hydrogens is 206 g/mol. The molecule has 1 aromatic rings. The number of aryl methyl sites for hydroxylation is 2. The maximum Gasteiger partial charge on any atom is 0.326 e. The Morgan fingerprint density at radius 1 is 1.50 bits per heavy atom. The summed E-state index contributed by atoms with van der Waals surface area (Å²) in [5.74, 6) is -0.0363. The van der Waals surface area contributed by atoms with Crippen LogP contribution in [0.15, 0.2) is 6.20 Å². The summed E-state index contributed by atoms with van der Waals surface area (Å²) in [6, 6.07) is -0.531. The first-order chi connectivity index (χ1) is 7.58. The zero-order chi connectivity index (χ0) is 11.7. The van der Waals surface area contributed by atoms with Crippen LogP contribution in [0, 0.1) is 19.8 Å². The van der Waals surface area contributed by atoms with Gasteiger partial charge >= 0.3 is 5.97 Å². The lowest BCUT2D eigenvalue weighted by molar-refractivity contribution is -0.138. The van der Waals surface area contributed by atoms with Crippen molar-refractivity contribution < 1.29 is 9.90 Å². The molecule has 0 amide bonds. The third-order valence-electron chi connectivity index (χ3n) is 2.86. The number of anilines is 1. The first-order valence-corrected chi connectivity index (χ1v) is 5.37. The number of carbonyl (C=O) groups is 1. The van der Waals surface area contributed by atoms with Crippen molar-refractivity contribution in [2.45, 2.75) is 32.7 Å². The highest BCUT2D eigenvalue weighted by Gasteiger charge is 2.36. The van der Waals surface area contributed by atoms with Crippen LogP contribution in [0.4, 0.5) is 5.82 Å². The van der Waals surface area contributed by atoms with Crippen molar-refractivity contribution in [1.29, 1.82) is 0 Å². The first-order valence-electron chi connectivity index (χ1n) is 5.37. The summed E-state index contributed by atoms with van der Waals surface area (Å²) in [5, 5.41) is 12.0. The molecule has 16 heavy (non-hydrogen) atoms. The molecule has 0 bridgehead atoms. The van der Waals surface area contributed by atoms with Crippen LogP contribution in [-0.4, -0.2) is 27.1 Å². The van der Waals surface area contributed by atoms with E-state index in [9.17, 15) is 4.79 Å². The fourth-order valence-corrected chi connectivity index (χ4v) is 1.58. The lowest BCUT2D eigenvalue weighted by Crippen LogP contribution is -2.31. The predicted molar refractivity (Wildman–Crippen MR) is 59.3 cm³/mol. The van der Waals surface area contributed by atoms with Gasteiger partial charge in [-0.25, -0.2) is 9.78 Å². The Bertz CT molecular complexity index is 416. The summed E-state index contributed by atoms with van der Waals surface area (Å²) in [7, 11) is 0. The fourth-order valence-electron chi connectivity index (χ4n) is 1.58. The van der Waals surface area contributed by atoms with E-state index in [0.29, 0.717) is 5.82 Å². The Kier molecular flexibility index (Phi) is 2.77. The summed E-state index contributed by atoms with van der Waals surface area (Å²) in [5.41, 5.74) is 1.69. The van der Waals surface area contributed by atoms with Crippen LogP contribution in [0.2, 0.25) is 0 Å². The molecule has 5 heteroatoms. The SMILES string of the molecule is Cc1ncc(NC(C(=O)O)C2CC2)nc1C. The largest absolute Gasteiger partial charge is 0.480 e. The van der Waals surface area contributed by atoms with E-state index in [1.807, 2.05) is 13.8 Å². The maximum atomic E-state index is 11.0. The van der Waals surface area contributed by atoms with Crippen molar-refractivity contribution in [1.82, 2.24) is 9.97 Å². The molecule has 2 rings (SSSR count). The highest BCUT2D eigenvalue weighted by molar-refractivity contribution is 5.77. The summed E-state index contributed by atoms with van der Waals surface area (Å²) in [6.45, 7) is 3.74. The fraction of sp³-hybridized carbons (Fsp3) is 0.545. The lowest BCUT2D eigenvalue weighted by atomic mass is 10.2. The normalized spacial score (nSPS) is 16.9. The molecule has 5 nitrogen and oxygen atoms in total. The minimum absolute atomic E-state index is 0.237. The highest BCUT2D eigenvalue weighted by Crippen LogP contribution is 2.34. The third-order valence-corrected chi connectivity index (χ3v) is 2.86. The second-order valence-corrected chi connectivity index (χ2v) is 4.22. The number of carboxylic acids is 1. The number of nitrogens with zero attached hydrogens (tertiary/aromatic N) is 2. The number of hydrogen-bond acceptors (Lipinski definition) is 4. The predicted octanol–water partition coefficient (Wildman–Crippen LogP) is 1.37. The van der Waals surface area contributed by atoms with Gasteiger partial charge in [0.25, 0.3) is 0 Å². The zero-order valence-corrected chi connectivity index (χ0v) is 9.40. The molecule has 0 aromatic carbocycles. The molecule has 1 atom stereocenters. The molecule has 1 saturated carbocycles. The minimum atomic E-state index is -0.817. The van der Waals surface area contributed by atoms with Gasteiger partial charge in [-0.05, 0) is 32.6 Å². The van der Waals surface area contributed by atoms with Crippen LogP contribution in [0.25, 0.3) is 0 Å². The van der Waals surface area contributed by atoms with Gasteiger partial charge in [0.1, 0.15) is 11.9 Å². The Labute approximate surface area is 93.9 Å². The van der Waals surface area contributed by atoms with E-state index in [1.54, 1.807) is 6.20 Å². The van der Waals surface area contributed by atoms with Gasteiger partial charge in [0.05, 0.1) is 17.6 Å². The van der Waals surface area contributed by atoms with Crippen LogP contribution in [0.3, 0.4) is 0 Å². The molecule has 1 aromatic heterocycles. The van der Waals surface area contributed by atoms with E-state index in [1.165, 1.54) is 0 Å². The van der Waals surface area contributed by atoms with Crippen LogP contribution >= 0.6 is 0 Å². The highest BCUT2D eigenvalue weighted by atomic mass is 16.4. The van der Waals surface area contributed by atoms with Crippen LogP contribution in [-0.2, 0) is 4.79 Å². The molecule has 0 spiro atoms. The maximum absolute atomic E-state index is 11.0. The average molecular weight is 221 g/mol. The molecule has 1 aliphatic carbocycles. The van der Waals surface area contributed by atoms with Crippen molar-refractivity contribution in [2.24, 2.45) is 5.92 Å². The first kappa shape index (κ1) is 10.9. The average Bonchev–Trinajstić information content (AvgIpc) is 3.03. The molecule has 2 N–H and O–H groups in total. The van der Waals surface area contributed by atoms with Crippen molar-refractivity contribution >= 4 is 11.8 Å². The molecule has 0 saturated heterocycles. The minimum Gasteiger partial charge on any atom is -0.480 e. The topological polar surface area (TPSA) is 75.1 Å². The van der Waals surface area contributed by atoms with Crippen molar-refractivity contribution in [3.05, 3.63) is 17.6 Å². The van der Waals surface area contributed by atoms with E-state index in [-0.39, 0.29) is 5.92 Å². The third kappa shape index (κ3) is 2.29. The van der Waals surface area contributed by atoms with E-state index < -0.39 is 12.0 Å². The van der Waals surface area contributed by atoms with E-state index in [4.69, 9.17) is 5.11 Å². The van der Waals surface area contributed by atoms with Crippen molar-refractivity contribution in [3.8, 4) is 0 Å². The Morgan fingerprint density at radius 3 is 2.69 bits per heavy atom. The van der Waals surface area contributed by atoms with Crippen LogP contribution in [0.1, 0.15) is 24.2 Å². The lowest BCUT2D eigenvalue weighted by Gasteiger charge is -2.14. The monoisotopic (exact) mass is 221 g/mol. The van der Waals surface area contributed by atoms with E-state index in [2.05, 4.69) is 15.3 Å². The van der Waals surface area contributed by atoms with Crippen molar-refractivity contribution in [3.63, 3.8) is 0 Å². The van der Waals surface area contributed by atoms with Gasteiger partial charge in [0, 0.05) is 0 Å². The van der Waals surface area contributed by atoms with Gasteiger partial charge in [-0.15, -0.1) is 0 Å². The van der Waals surface area contributed by atoms with Gasteiger partial charge in [0.2, 0.25) is 0 Å². The standard InChI is InChI=1S/C11H15N3O2/c1-6-7(2)13-9(5-12-6)14-10(11(15)16)8-3-4-8/h5,8,10H,3-4H2,1-2H3,(H,13,14)(H,15,16).